The van der Waals surface area contributed by atoms with Gasteiger partial charge in [-0.25, -0.2) is 4.79 Å². The molecule has 2 unspecified atom stereocenters. The topological polar surface area (TPSA) is 61.4 Å². The van der Waals surface area contributed by atoms with Gasteiger partial charge in [-0.1, -0.05) is 44.0 Å². The summed E-state index contributed by atoms with van der Waals surface area (Å²) in [5.41, 5.74) is 2.08. The van der Waals surface area contributed by atoms with E-state index in [4.69, 9.17) is 5.11 Å². The van der Waals surface area contributed by atoms with Crippen molar-refractivity contribution in [1.82, 2.24) is 10.6 Å². The standard InChI is InChI=1S/C17H26N2O2/c1-13-3-2-4-16(11-13)19-17(21)18-10-9-14-5-7-15(12-20)8-6-14/h5-8,13,16,20H,2-4,9-12H2,1H3,(H2,18,19,21). The highest BCUT2D eigenvalue weighted by molar-refractivity contribution is 5.74. The van der Waals surface area contributed by atoms with Gasteiger partial charge < -0.3 is 15.7 Å². The predicted octanol–water partition coefficient (Wildman–Crippen LogP) is 2.60. The van der Waals surface area contributed by atoms with E-state index in [2.05, 4.69) is 17.6 Å². The first-order valence-electron chi connectivity index (χ1n) is 7.90. The van der Waals surface area contributed by atoms with Crippen molar-refractivity contribution in [3.8, 4) is 0 Å². The molecule has 1 aliphatic rings. The normalized spacial score (nSPS) is 21.8. The molecular formula is C17H26N2O2. The van der Waals surface area contributed by atoms with Gasteiger partial charge in [0.15, 0.2) is 0 Å². The smallest absolute Gasteiger partial charge is 0.315 e. The second-order valence-electron chi connectivity index (χ2n) is 6.09. The molecule has 2 rings (SSSR count). The van der Waals surface area contributed by atoms with Crippen molar-refractivity contribution in [1.29, 1.82) is 0 Å². The van der Waals surface area contributed by atoms with Crippen molar-refractivity contribution >= 4 is 6.03 Å². The Morgan fingerprint density at radius 2 is 1.95 bits per heavy atom. The van der Waals surface area contributed by atoms with Crippen molar-refractivity contribution in [3.05, 3.63) is 35.4 Å². The summed E-state index contributed by atoms with van der Waals surface area (Å²) in [4.78, 5) is 11.9. The van der Waals surface area contributed by atoms with E-state index in [0.29, 0.717) is 18.5 Å². The van der Waals surface area contributed by atoms with E-state index < -0.39 is 0 Å². The molecule has 0 radical (unpaired) electrons. The summed E-state index contributed by atoms with van der Waals surface area (Å²) >= 11 is 0. The number of aliphatic hydroxyl groups excluding tert-OH is 1. The van der Waals surface area contributed by atoms with Gasteiger partial charge >= 0.3 is 6.03 Å². The highest BCUT2D eigenvalue weighted by Crippen LogP contribution is 2.23. The molecule has 21 heavy (non-hydrogen) atoms. The molecular weight excluding hydrogens is 264 g/mol. The van der Waals surface area contributed by atoms with E-state index >= 15 is 0 Å². The van der Waals surface area contributed by atoms with Gasteiger partial charge in [0.05, 0.1) is 6.61 Å². The zero-order valence-corrected chi connectivity index (χ0v) is 12.8. The van der Waals surface area contributed by atoms with Crippen LogP contribution in [0.5, 0.6) is 0 Å². The van der Waals surface area contributed by atoms with Crippen molar-refractivity contribution < 1.29 is 9.90 Å². The van der Waals surface area contributed by atoms with Gasteiger partial charge in [0.2, 0.25) is 0 Å². The summed E-state index contributed by atoms with van der Waals surface area (Å²) in [6, 6.07) is 8.10. The Labute approximate surface area is 126 Å². The molecule has 1 saturated carbocycles. The number of carbonyl (C=O) groups excluding carboxylic acids is 1. The number of nitrogens with one attached hydrogen (secondary N) is 2. The maximum absolute atomic E-state index is 11.9. The number of amides is 2. The van der Waals surface area contributed by atoms with Crippen LogP contribution in [0.25, 0.3) is 0 Å². The molecule has 0 saturated heterocycles. The van der Waals surface area contributed by atoms with Crippen LogP contribution < -0.4 is 10.6 Å². The van der Waals surface area contributed by atoms with Gasteiger partial charge in [0.25, 0.3) is 0 Å². The van der Waals surface area contributed by atoms with Crippen LogP contribution in [0.1, 0.15) is 43.7 Å². The lowest BCUT2D eigenvalue weighted by Crippen LogP contribution is -2.44. The van der Waals surface area contributed by atoms with Crippen LogP contribution in [0.2, 0.25) is 0 Å². The molecule has 0 spiro atoms. The van der Waals surface area contributed by atoms with Crippen LogP contribution in [-0.2, 0) is 13.0 Å². The SMILES string of the molecule is CC1CCCC(NC(=O)NCCc2ccc(CO)cc2)C1. The molecule has 4 nitrogen and oxygen atoms in total. The maximum atomic E-state index is 11.9. The molecule has 0 aromatic heterocycles. The molecule has 2 amide bonds. The van der Waals surface area contributed by atoms with Gasteiger partial charge in [0, 0.05) is 12.6 Å². The first kappa shape index (κ1) is 15.8. The summed E-state index contributed by atoms with van der Waals surface area (Å²) in [7, 11) is 0. The summed E-state index contributed by atoms with van der Waals surface area (Å²) in [5, 5.41) is 15.0. The third kappa shape index (κ3) is 5.38. The molecule has 1 aromatic rings. The van der Waals surface area contributed by atoms with Gasteiger partial charge in [-0.2, -0.15) is 0 Å². The quantitative estimate of drug-likeness (QED) is 0.780. The van der Waals surface area contributed by atoms with Crippen molar-refractivity contribution in [2.24, 2.45) is 5.92 Å². The summed E-state index contributed by atoms with van der Waals surface area (Å²) in [6.45, 7) is 2.95. The molecule has 4 heteroatoms. The van der Waals surface area contributed by atoms with E-state index in [1.54, 1.807) is 0 Å². The number of benzene rings is 1. The van der Waals surface area contributed by atoms with E-state index in [9.17, 15) is 4.79 Å². The van der Waals surface area contributed by atoms with Crippen LogP contribution >= 0.6 is 0 Å². The zero-order chi connectivity index (χ0) is 15.1. The van der Waals surface area contributed by atoms with E-state index in [1.165, 1.54) is 18.4 Å². The minimum atomic E-state index is -0.0546. The minimum absolute atomic E-state index is 0.0546. The fourth-order valence-electron chi connectivity index (χ4n) is 2.93. The van der Waals surface area contributed by atoms with Crippen LogP contribution in [0.15, 0.2) is 24.3 Å². The lowest BCUT2D eigenvalue weighted by atomic mass is 9.87. The predicted molar refractivity (Wildman–Crippen MR) is 84.0 cm³/mol. The number of carbonyl (C=O) groups is 1. The third-order valence-electron chi connectivity index (χ3n) is 4.18. The molecule has 1 fully saturated rings. The van der Waals surface area contributed by atoms with Gasteiger partial charge in [0.1, 0.15) is 0 Å². The molecule has 1 aromatic carbocycles. The Hall–Kier alpha value is -1.55. The van der Waals surface area contributed by atoms with Crippen LogP contribution in [0.4, 0.5) is 4.79 Å². The monoisotopic (exact) mass is 290 g/mol. The second-order valence-corrected chi connectivity index (χ2v) is 6.09. The van der Waals surface area contributed by atoms with Crippen LogP contribution in [-0.4, -0.2) is 23.7 Å². The zero-order valence-electron chi connectivity index (χ0n) is 12.8. The summed E-state index contributed by atoms with van der Waals surface area (Å²) in [5.74, 6) is 0.717. The molecule has 0 heterocycles. The molecule has 2 atom stereocenters. The highest BCUT2D eigenvalue weighted by atomic mass is 16.3. The lowest BCUT2D eigenvalue weighted by Gasteiger charge is -2.27. The fourth-order valence-corrected chi connectivity index (χ4v) is 2.93. The largest absolute Gasteiger partial charge is 0.392 e. The number of urea groups is 1. The van der Waals surface area contributed by atoms with Crippen LogP contribution in [0.3, 0.4) is 0 Å². The Bertz CT molecular complexity index is 445. The molecule has 1 aliphatic carbocycles. The minimum Gasteiger partial charge on any atom is -0.392 e. The average Bonchev–Trinajstić information content (AvgIpc) is 2.48. The number of hydrogen-bond donors (Lipinski definition) is 3. The van der Waals surface area contributed by atoms with E-state index in [1.807, 2.05) is 24.3 Å². The number of rotatable bonds is 5. The molecule has 116 valence electrons. The third-order valence-corrected chi connectivity index (χ3v) is 4.18. The fraction of sp³-hybridized carbons (Fsp3) is 0.588. The van der Waals surface area contributed by atoms with E-state index in [-0.39, 0.29) is 12.6 Å². The Kier molecular flexibility index (Phi) is 6.05. The second kappa shape index (κ2) is 8.03. The lowest BCUT2D eigenvalue weighted by molar-refractivity contribution is 0.227. The molecule has 0 aliphatic heterocycles. The summed E-state index contributed by atoms with van der Waals surface area (Å²) in [6.07, 6.45) is 5.49. The Morgan fingerprint density at radius 3 is 2.62 bits per heavy atom. The van der Waals surface area contributed by atoms with Crippen LogP contribution in [0, 0.1) is 5.92 Å². The maximum Gasteiger partial charge on any atom is 0.315 e. The molecule has 0 bridgehead atoms. The number of hydrogen-bond acceptors (Lipinski definition) is 2. The van der Waals surface area contributed by atoms with Crippen molar-refractivity contribution in [3.63, 3.8) is 0 Å². The Morgan fingerprint density at radius 1 is 1.24 bits per heavy atom. The van der Waals surface area contributed by atoms with Gasteiger partial charge in [-0.05, 0) is 36.3 Å². The Balaban J connectivity index is 1.66. The molecule has 3 N–H and O–H groups in total. The van der Waals surface area contributed by atoms with Gasteiger partial charge in [-0.15, -0.1) is 0 Å². The highest BCUT2D eigenvalue weighted by Gasteiger charge is 2.19. The van der Waals surface area contributed by atoms with Gasteiger partial charge in [-0.3, -0.25) is 0 Å². The first-order valence-corrected chi connectivity index (χ1v) is 7.90. The summed E-state index contributed by atoms with van der Waals surface area (Å²) < 4.78 is 0. The van der Waals surface area contributed by atoms with Crippen molar-refractivity contribution in [2.45, 2.75) is 51.7 Å². The van der Waals surface area contributed by atoms with Crippen molar-refractivity contribution in [2.75, 3.05) is 6.54 Å². The first-order chi connectivity index (χ1) is 10.2. The number of aliphatic hydroxyl groups is 1. The van der Waals surface area contributed by atoms with E-state index in [0.717, 1.165) is 24.8 Å². The average molecular weight is 290 g/mol.